The topological polar surface area (TPSA) is 12.9 Å². The first kappa shape index (κ1) is 10.5. The normalized spacial score (nSPS) is 18.9. The highest BCUT2D eigenvalue weighted by Crippen LogP contribution is 2.34. The standard InChI is InChI=1S/C16H17N/c1-3-12-9-11(2)10-15-14(12)7-6-13-5-4-8-17-16(13)15/h4-9,11H,3,10H2,1-2H3. The minimum absolute atomic E-state index is 0.630. The molecule has 1 nitrogen and oxygen atoms in total. The monoisotopic (exact) mass is 223 g/mol. The number of nitrogens with zero attached hydrogens (tertiary/aromatic N) is 1. The van der Waals surface area contributed by atoms with Crippen molar-refractivity contribution in [2.45, 2.75) is 26.7 Å². The average molecular weight is 223 g/mol. The van der Waals surface area contributed by atoms with Crippen LogP contribution in [-0.4, -0.2) is 4.98 Å². The Hall–Kier alpha value is -1.63. The number of hydrogen-bond acceptors (Lipinski definition) is 1. The molecule has 86 valence electrons. The summed E-state index contributed by atoms with van der Waals surface area (Å²) in [4.78, 5) is 4.57. The van der Waals surface area contributed by atoms with Gasteiger partial charge in [0.25, 0.3) is 0 Å². The molecule has 0 bridgehead atoms. The summed E-state index contributed by atoms with van der Waals surface area (Å²) >= 11 is 0. The van der Waals surface area contributed by atoms with E-state index >= 15 is 0 Å². The quantitative estimate of drug-likeness (QED) is 0.705. The molecule has 0 radical (unpaired) electrons. The molecular formula is C16H17N. The van der Waals surface area contributed by atoms with Gasteiger partial charge in [-0.2, -0.15) is 0 Å². The number of aromatic nitrogens is 1. The van der Waals surface area contributed by atoms with Gasteiger partial charge >= 0.3 is 0 Å². The van der Waals surface area contributed by atoms with E-state index < -0.39 is 0 Å². The number of pyridine rings is 1. The lowest BCUT2D eigenvalue weighted by molar-refractivity contribution is 0.713. The van der Waals surface area contributed by atoms with Crippen LogP contribution in [0.4, 0.5) is 0 Å². The number of hydrogen-bond donors (Lipinski definition) is 0. The van der Waals surface area contributed by atoms with Gasteiger partial charge in [0.2, 0.25) is 0 Å². The zero-order chi connectivity index (χ0) is 11.8. The second-order valence-corrected chi connectivity index (χ2v) is 4.89. The van der Waals surface area contributed by atoms with E-state index in [4.69, 9.17) is 0 Å². The molecule has 1 aromatic carbocycles. The van der Waals surface area contributed by atoms with Crippen molar-refractivity contribution in [3.8, 4) is 0 Å². The van der Waals surface area contributed by atoms with E-state index in [-0.39, 0.29) is 0 Å². The molecule has 0 saturated carbocycles. The van der Waals surface area contributed by atoms with Crippen LogP contribution in [0.3, 0.4) is 0 Å². The fourth-order valence-electron chi connectivity index (χ4n) is 2.84. The van der Waals surface area contributed by atoms with Crippen LogP contribution >= 0.6 is 0 Å². The van der Waals surface area contributed by atoms with E-state index in [0.717, 1.165) is 12.8 Å². The lowest BCUT2D eigenvalue weighted by Gasteiger charge is -2.22. The summed E-state index contributed by atoms with van der Waals surface area (Å²) in [6, 6.07) is 8.62. The molecule has 0 spiro atoms. The summed E-state index contributed by atoms with van der Waals surface area (Å²) in [6.07, 6.45) is 6.54. The predicted octanol–water partition coefficient (Wildman–Crippen LogP) is 4.22. The third kappa shape index (κ3) is 1.66. The van der Waals surface area contributed by atoms with Crippen LogP contribution < -0.4 is 0 Å². The Morgan fingerprint density at radius 1 is 1.29 bits per heavy atom. The number of allylic oxidation sites excluding steroid dienone is 2. The largest absolute Gasteiger partial charge is 0.256 e. The van der Waals surface area contributed by atoms with Crippen molar-refractivity contribution >= 4 is 16.5 Å². The first-order valence-corrected chi connectivity index (χ1v) is 6.37. The fourth-order valence-corrected chi connectivity index (χ4v) is 2.84. The van der Waals surface area contributed by atoms with Gasteiger partial charge in [-0.25, -0.2) is 0 Å². The number of rotatable bonds is 1. The van der Waals surface area contributed by atoms with Crippen LogP contribution in [0.2, 0.25) is 0 Å². The molecule has 1 heterocycles. The summed E-state index contributed by atoms with van der Waals surface area (Å²) < 4.78 is 0. The highest BCUT2D eigenvalue weighted by atomic mass is 14.7. The van der Waals surface area contributed by atoms with Crippen molar-refractivity contribution in [2.24, 2.45) is 5.92 Å². The second-order valence-electron chi connectivity index (χ2n) is 4.89. The maximum absolute atomic E-state index is 4.57. The summed E-state index contributed by atoms with van der Waals surface area (Å²) in [5.41, 5.74) is 5.52. The van der Waals surface area contributed by atoms with E-state index in [1.54, 1.807) is 0 Å². The molecule has 1 aliphatic carbocycles. The van der Waals surface area contributed by atoms with Gasteiger partial charge in [0, 0.05) is 11.6 Å². The van der Waals surface area contributed by atoms with Crippen molar-refractivity contribution in [3.63, 3.8) is 0 Å². The van der Waals surface area contributed by atoms with Crippen LogP contribution in [0.1, 0.15) is 31.4 Å². The van der Waals surface area contributed by atoms with Crippen molar-refractivity contribution in [3.05, 3.63) is 47.7 Å². The van der Waals surface area contributed by atoms with E-state index in [9.17, 15) is 0 Å². The Morgan fingerprint density at radius 2 is 2.18 bits per heavy atom. The van der Waals surface area contributed by atoms with Crippen molar-refractivity contribution in [1.29, 1.82) is 0 Å². The molecule has 0 aliphatic heterocycles. The smallest absolute Gasteiger partial charge is 0.0740 e. The molecule has 17 heavy (non-hydrogen) atoms. The molecule has 2 aromatic rings. The van der Waals surface area contributed by atoms with Crippen LogP contribution in [-0.2, 0) is 6.42 Å². The molecule has 1 atom stereocenters. The third-order valence-corrected chi connectivity index (χ3v) is 3.62. The number of benzene rings is 1. The Labute approximate surface area is 102 Å². The molecule has 1 aliphatic rings. The molecule has 1 heteroatoms. The average Bonchev–Trinajstić information content (AvgIpc) is 2.37. The van der Waals surface area contributed by atoms with Crippen LogP contribution in [0.15, 0.2) is 36.5 Å². The molecule has 1 unspecified atom stereocenters. The van der Waals surface area contributed by atoms with Crippen LogP contribution in [0, 0.1) is 5.92 Å². The second kappa shape index (κ2) is 3.99. The van der Waals surface area contributed by atoms with Gasteiger partial charge in [-0.1, -0.05) is 38.1 Å². The summed E-state index contributed by atoms with van der Waals surface area (Å²) in [7, 11) is 0. The van der Waals surface area contributed by atoms with Crippen molar-refractivity contribution in [2.75, 3.05) is 0 Å². The van der Waals surface area contributed by atoms with Gasteiger partial charge in [0.05, 0.1) is 5.52 Å². The maximum atomic E-state index is 4.57. The zero-order valence-electron chi connectivity index (χ0n) is 10.4. The molecule has 0 fully saturated rings. The van der Waals surface area contributed by atoms with Gasteiger partial charge in [-0.3, -0.25) is 4.98 Å². The molecule has 0 N–H and O–H groups in total. The first-order valence-electron chi connectivity index (χ1n) is 6.37. The fraction of sp³-hybridized carbons (Fsp3) is 0.312. The van der Waals surface area contributed by atoms with E-state index in [1.165, 1.54) is 27.6 Å². The molecule has 0 amide bonds. The minimum Gasteiger partial charge on any atom is -0.256 e. The molecule has 3 rings (SSSR count). The first-order chi connectivity index (χ1) is 8.29. The van der Waals surface area contributed by atoms with E-state index in [2.05, 4.69) is 43.1 Å². The minimum atomic E-state index is 0.630. The summed E-state index contributed by atoms with van der Waals surface area (Å²) in [6.45, 7) is 4.52. The Kier molecular flexibility index (Phi) is 2.47. The van der Waals surface area contributed by atoms with Gasteiger partial charge < -0.3 is 0 Å². The zero-order valence-corrected chi connectivity index (χ0v) is 10.4. The van der Waals surface area contributed by atoms with Crippen LogP contribution in [0.5, 0.6) is 0 Å². The van der Waals surface area contributed by atoms with Gasteiger partial charge in [0.15, 0.2) is 0 Å². The maximum Gasteiger partial charge on any atom is 0.0740 e. The molecule has 1 aromatic heterocycles. The van der Waals surface area contributed by atoms with E-state index in [1.807, 2.05) is 12.3 Å². The predicted molar refractivity (Wildman–Crippen MR) is 72.9 cm³/mol. The summed E-state index contributed by atoms with van der Waals surface area (Å²) in [5.74, 6) is 0.630. The van der Waals surface area contributed by atoms with Crippen molar-refractivity contribution < 1.29 is 0 Å². The van der Waals surface area contributed by atoms with Gasteiger partial charge in [-0.15, -0.1) is 0 Å². The Morgan fingerprint density at radius 3 is 3.00 bits per heavy atom. The highest BCUT2D eigenvalue weighted by molar-refractivity contribution is 5.88. The van der Waals surface area contributed by atoms with Crippen LogP contribution in [0.25, 0.3) is 16.5 Å². The summed E-state index contributed by atoms with van der Waals surface area (Å²) in [5, 5.41) is 1.26. The highest BCUT2D eigenvalue weighted by Gasteiger charge is 2.18. The third-order valence-electron chi connectivity index (χ3n) is 3.62. The Balaban J connectivity index is 2.31. The SMILES string of the molecule is CCC1=CC(C)Cc2c1ccc1cccnc21. The number of fused-ring (bicyclic) bond motifs is 3. The molecule has 0 saturated heterocycles. The Bertz CT molecular complexity index is 595. The lowest BCUT2D eigenvalue weighted by Crippen LogP contribution is -2.08. The lowest BCUT2D eigenvalue weighted by atomic mass is 9.83. The van der Waals surface area contributed by atoms with Crippen molar-refractivity contribution in [1.82, 2.24) is 4.98 Å². The molecular weight excluding hydrogens is 206 g/mol. The van der Waals surface area contributed by atoms with Gasteiger partial charge in [0.1, 0.15) is 0 Å². The van der Waals surface area contributed by atoms with Gasteiger partial charge in [-0.05, 0) is 41.5 Å². The van der Waals surface area contributed by atoms with E-state index in [0.29, 0.717) is 5.92 Å².